The second-order valence-electron chi connectivity index (χ2n) is 6.33. The number of nitrogens with one attached hydrogen (secondary N) is 1. The van der Waals surface area contributed by atoms with E-state index >= 15 is 0 Å². The molecular weight excluding hydrogens is 272 g/mol. The molecule has 5 heteroatoms. The molecule has 20 heavy (non-hydrogen) atoms. The summed E-state index contributed by atoms with van der Waals surface area (Å²) in [5, 5.41) is 0. The van der Waals surface area contributed by atoms with E-state index in [1.807, 2.05) is 51.1 Å². The zero-order chi connectivity index (χ0) is 15.2. The van der Waals surface area contributed by atoms with Crippen molar-refractivity contribution in [3.05, 3.63) is 35.9 Å². The minimum Gasteiger partial charge on any atom is -0.324 e. The molecule has 0 saturated carbocycles. The molecule has 1 rings (SSSR count). The topological polar surface area (TPSA) is 72.2 Å². The Balaban J connectivity index is 2.36. The molecule has 1 atom stereocenters. The van der Waals surface area contributed by atoms with Gasteiger partial charge in [0.25, 0.3) is 0 Å². The number of sulfonamides is 1. The number of hydrogen-bond acceptors (Lipinski definition) is 3. The van der Waals surface area contributed by atoms with E-state index in [9.17, 15) is 8.42 Å². The highest BCUT2D eigenvalue weighted by molar-refractivity contribution is 7.89. The standard InChI is InChI=1S/C15H26N2O2S/c1-15(2,3)10-12-20(18,19)17-11-9-14(16)13-7-5-4-6-8-13/h4-8,14,17H,9-12,16H2,1-3H3. The van der Waals surface area contributed by atoms with E-state index in [-0.39, 0.29) is 17.2 Å². The van der Waals surface area contributed by atoms with Crippen molar-refractivity contribution in [2.45, 2.75) is 39.7 Å². The van der Waals surface area contributed by atoms with Crippen molar-refractivity contribution in [1.29, 1.82) is 0 Å². The van der Waals surface area contributed by atoms with E-state index in [4.69, 9.17) is 5.73 Å². The molecule has 0 bridgehead atoms. The molecule has 0 aliphatic heterocycles. The van der Waals surface area contributed by atoms with Crippen LogP contribution in [0.2, 0.25) is 0 Å². The van der Waals surface area contributed by atoms with Crippen LogP contribution >= 0.6 is 0 Å². The Morgan fingerprint density at radius 3 is 2.35 bits per heavy atom. The summed E-state index contributed by atoms with van der Waals surface area (Å²) >= 11 is 0. The van der Waals surface area contributed by atoms with Gasteiger partial charge in [0.2, 0.25) is 10.0 Å². The van der Waals surface area contributed by atoms with Crippen LogP contribution in [0.4, 0.5) is 0 Å². The Morgan fingerprint density at radius 1 is 1.20 bits per heavy atom. The Labute approximate surface area is 122 Å². The van der Waals surface area contributed by atoms with Crippen LogP contribution in [0.15, 0.2) is 30.3 Å². The molecule has 0 heterocycles. The Kier molecular flexibility index (Phi) is 6.17. The monoisotopic (exact) mass is 298 g/mol. The van der Waals surface area contributed by atoms with Crippen LogP contribution in [0.25, 0.3) is 0 Å². The molecule has 0 spiro atoms. The highest BCUT2D eigenvalue weighted by Crippen LogP contribution is 2.19. The van der Waals surface area contributed by atoms with Crippen molar-refractivity contribution < 1.29 is 8.42 Å². The lowest BCUT2D eigenvalue weighted by Crippen LogP contribution is -2.30. The van der Waals surface area contributed by atoms with E-state index in [1.54, 1.807) is 0 Å². The average molecular weight is 298 g/mol. The summed E-state index contributed by atoms with van der Waals surface area (Å²) < 4.78 is 26.3. The maximum absolute atomic E-state index is 11.8. The second-order valence-corrected chi connectivity index (χ2v) is 8.26. The Morgan fingerprint density at radius 2 is 1.80 bits per heavy atom. The van der Waals surface area contributed by atoms with Gasteiger partial charge in [-0.2, -0.15) is 0 Å². The van der Waals surface area contributed by atoms with Crippen molar-refractivity contribution in [2.24, 2.45) is 11.1 Å². The second kappa shape index (κ2) is 7.20. The van der Waals surface area contributed by atoms with Crippen LogP contribution in [-0.4, -0.2) is 20.7 Å². The van der Waals surface area contributed by atoms with Crippen molar-refractivity contribution in [3.63, 3.8) is 0 Å². The van der Waals surface area contributed by atoms with Gasteiger partial charge in [-0.3, -0.25) is 0 Å². The van der Waals surface area contributed by atoms with Gasteiger partial charge >= 0.3 is 0 Å². The molecule has 0 aliphatic carbocycles. The first-order chi connectivity index (χ1) is 9.20. The van der Waals surface area contributed by atoms with E-state index in [2.05, 4.69) is 4.72 Å². The molecule has 114 valence electrons. The third-order valence-corrected chi connectivity index (χ3v) is 4.51. The normalized spacial score (nSPS) is 14.2. The Bertz CT molecular complexity index is 492. The van der Waals surface area contributed by atoms with Crippen molar-refractivity contribution in [1.82, 2.24) is 4.72 Å². The first-order valence-electron chi connectivity index (χ1n) is 6.97. The molecule has 4 nitrogen and oxygen atoms in total. The van der Waals surface area contributed by atoms with Gasteiger partial charge in [0.1, 0.15) is 0 Å². The smallest absolute Gasteiger partial charge is 0.211 e. The third kappa shape index (κ3) is 7.03. The van der Waals surface area contributed by atoms with Gasteiger partial charge in [-0.1, -0.05) is 51.1 Å². The molecule has 1 aromatic carbocycles. The van der Waals surface area contributed by atoms with Crippen LogP contribution < -0.4 is 10.5 Å². The predicted octanol–water partition coefficient (Wildman–Crippen LogP) is 2.43. The van der Waals surface area contributed by atoms with Gasteiger partial charge in [0.15, 0.2) is 0 Å². The fraction of sp³-hybridized carbons (Fsp3) is 0.600. The van der Waals surface area contributed by atoms with Gasteiger partial charge in [-0.15, -0.1) is 0 Å². The molecule has 0 saturated heterocycles. The summed E-state index contributed by atoms with van der Waals surface area (Å²) in [6.07, 6.45) is 1.24. The zero-order valence-electron chi connectivity index (χ0n) is 12.6. The van der Waals surface area contributed by atoms with Crippen LogP contribution in [0.1, 0.15) is 45.2 Å². The van der Waals surface area contributed by atoms with Crippen molar-refractivity contribution >= 4 is 10.0 Å². The summed E-state index contributed by atoms with van der Waals surface area (Å²) in [6, 6.07) is 9.58. The summed E-state index contributed by atoms with van der Waals surface area (Å²) in [6.45, 7) is 6.48. The minimum atomic E-state index is -3.20. The van der Waals surface area contributed by atoms with Gasteiger partial charge in [-0.25, -0.2) is 13.1 Å². The summed E-state index contributed by atoms with van der Waals surface area (Å²) in [5.41, 5.74) is 7.08. The fourth-order valence-electron chi connectivity index (χ4n) is 1.75. The van der Waals surface area contributed by atoms with Gasteiger partial charge < -0.3 is 5.73 Å². The lowest BCUT2D eigenvalue weighted by molar-refractivity contribution is 0.396. The highest BCUT2D eigenvalue weighted by atomic mass is 32.2. The average Bonchev–Trinajstić information content (AvgIpc) is 2.37. The molecule has 0 aromatic heterocycles. The van der Waals surface area contributed by atoms with E-state index in [1.165, 1.54) is 0 Å². The third-order valence-electron chi connectivity index (χ3n) is 3.13. The van der Waals surface area contributed by atoms with Gasteiger partial charge in [-0.05, 0) is 23.8 Å². The lowest BCUT2D eigenvalue weighted by atomic mass is 9.94. The van der Waals surface area contributed by atoms with Crippen molar-refractivity contribution in [2.75, 3.05) is 12.3 Å². The SMILES string of the molecule is CC(C)(C)CCS(=O)(=O)NCCC(N)c1ccccc1. The molecule has 0 fully saturated rings. The molecule has 3 N–H and O–H groups in total. The maximum atomic E-state index is 11.8. The summed E-state index contributed by atoms with van der Waals surface area (Å²) in [7, 11) is -3.20. The van der Waals surface area contributed by atoms with Gasteiger partial charge in [0, 0.05) is 12.6 Å². The lowest BCUT2D eigenvalue weighted by Gasteiger charge is -2.18. The predicted molar refractivity (Wildman–Crippen MR) is 83.8 cm³/mol. The maximum Gasteiger partial charge on any atom is 0.211 e. The van der Waals surface area contributed by atoms with Gasteiger partial charge in [0.05, 0.1) is 5.75 Å². The minimum absolute atomic E-state index is 0.0230. The zero-order valence-corrected chi connectivity index (χ0v) is 13.4. The van der Waals surface area contributed by atoms with Crippen LogP contribution in [0, 0.1) is 5.41 Å². The molecule has 0 radical (unpaired) electrons. The van der Waals surface area contributed by atoms with Crippen molar-refractivity contribution in [3.8, 4) is 0 Å². The molecule has 1 unspecified atom stereocenters. The summed E-state index contributed by atoms with van der Waals surface area (Å²) in [4.78, 5) is 0. The molecule has 1 aromatic rings. The van der Waals surface area contributed by atoms with E-state index < -0.39 is 10.0 Å². The number of rotatable bonds is 7. The first kappa shape index (κ1) is 17.1. The van der Waals surface area contributed by atoms with E-state index in [0.717, 1.165) is 5.56 Å². The van der Waals surface area contributed by atoms with Crippen LogP contribution in [0.5, 0.6) is 0 Å². The molecular formula is C15H26N2O2S. The number of nitrogens with two attached hydrogens (primary N) is 1. The summed E-state index contributed by atoms with van der Waals surface area (Å²) in [5.74, 6) is 0.164. The number of benzene rings is 1. The van der Waals surface area contributed by atoms with Crippen LogP contribution in [0.3, 0.4) is 0 Å². The van der Waals surface area contributed by atoms with Crippen LogP contribution in [-0.2, 0) is 10.0 Å². The first-order valence-corrected chi connectivity index (χ1v) is 8.63. The van der Waals surface area contributed by atoms with E-state index in [0.29, 0.717) is 19.4 Å². The largest absolute Gasteiger partial charge is 0.324 e. The number of hydrogen-bond donors (Lipinski definition) is 2. The quantitative estimate of drug-likeness (QED) is 0.812. The fourth-order valence-corrected chi connectivity index (χ4v) is 3.20. The molecule has 0 aliphatic rings. The Hall–Kier alpha value is -0.910. The highest BCUT2D eigenvalue weighted by Gasteiger charge is 2.17. The molecule has 0 amide bonds.